The van der Waals surface area contributed by atoms with Crippen molar-refractivity contribution in [2.24, 2.45) is 11.7 Å². The van der Waals surface area contributed by atoms with E-state index in [1.54, 1.807) is 24.3 Å². The van der Waals surface area contributed by atoms with Gasteiger partial charge in [0.25, 0.3) is 0 Å². The highest BCUT2D eigenvalue weighted by atomic mass is 35.5. The molecule has 0 radical (unpaired) electrons. The van der Waals surface area contributed by atoms with Gasteiger partial charge in [-0.25, -0.2) is 4.39 Å². The van der Waals surface area contributed by atoms with E-state index in [4.69, 9.17) is 26.8 Å². The standard InChI is InChI=1S/C23H28ClFN2O3/c1-15(13-21(26)28)27-20(14-16-9-11-29-12-10-16)18-7-8-19(24)23(22(18)25)30-17-5-3-2-4-6-17/h2-8,15-16,20,27H,9-14H2,1H3,(H2,26,28)/t15-,20+/m1/s1. The first-order valence-electron chi connectivity index (χ1n) is 10.3. The number of rotatable bonds is 9. The van der Waals surface area contributed by atoms with E-state index in [9.17, 15) is 4.79 Å². The molecule has 2 aromatic rings. The van der Waals surface area contributed by atoms with Gasteiger partial charge in [-0.15, -0.1) is 0 Å². The Bertz CT molecular complexity index is 844. The highest BCUT2D eigenvalue weighted by Gasteiger charge is 2.27. The summed E-state index contributed by atoms with van der Waals surface area (Å²) in [7, 11) is 0. The summed E-state index contributed by atoms with van der Waals surface area (Å²) in [4.78, 5) is 11.3. The van der Waals surface area contributed by atoms with Crippen molar-refractivity contribution >= 4 is 17.5 Å². The van der Waals surface area contributed by atoms with Crippen LogP contribution in [0.15, 0.2) is 42.5 Å². The predicted octanol–water partition coefficient (Wildman–Crippen LogP) is 4.98. The van der Waals surface area contributed by atoms with E-state index in [1.807, 2.05) is 25.1 Å². The van der Waals surface area contributed by atoms with Crippen LogP contribution in [0.2, 0.25) is 5.02 Å². The second-order valence-corrected chi connectivity index (χ2v) is 8.18. The zero-order valence-corrected chi connectivity index (χ0v) is 17.8. The summed E-state index contributed by atoms with van der Waals surface area (Å²) < 4.78 is 26.8. The van der Waals surface area contributed by atoms with Crippen LogP contribution >= 0.6 is 11.6 Å². The molecule has 3 rings (SSSR count). The van der Waals surface area contributed by atoms with Crippen LogP contribution in [-0.2, 0) is 9.53 Å². The van der Waals surface area contributed by atoms with Crippen LogP contribution in [-0.4, -0.2) is 25.2 Å². The summed E-state index contributed by atoms with van der Waals surface area (Å²) in [5.41, 5.74) is 5.81. The number of carbonyl (C=O) groups is 1. The summed E-state index contributed by atoms with van der Waals surface area (Å²) in [5, 5.41) is 3.59. The molecule has 0 unspecified atom stereocenters. The van der Waals surface area contributed by atoms with Crippen LogP contribution in [0.1, 0.15) is 44.2 Å². The average Bonchev–Trinajstić information content (AvgIpc) is 2.72. The molecule has 30 heavy (non-hydrogen) atoms. The molecule has 2 atom stereocenters. The third-order valence-corrected chi connectivity index (χ3v) is 5.62. The lowest BCUT2D eigenvalue weighted by atomic mass is 9.88. The molecule has 1 heterocycles. The predicted molar refractivity (Wildman–Crippen MR) is 115 cm³/mol. The molecule has 162 valence electrons. The third-order valence-electron chi connectivity index (χ3n) is 5.32. The summed E-state index contributed by atoms with van der Waals surface area (Å²) in [6.45, 7) is 3.29. The SMILES string of the molecule is C[C@H](CC(N)=O)N[C@@H](CC1CCOCC1)c1ccc(Cl)c(Oc2ccccc2)c1F. The number of ether oxygens (including phenoxy) is 2. The topological polar surface area (TPSA) is 73.6 Å². The molecule has 0 saturated carbocycles. The van der Waals surface area contributed by atoms with Crippen LogP contribution in [0.25, 0.3) is 0 Å². The monoisotopic (exact) mass is 434 g/mol. The zero-order valence-electron chi connectivity index (χ0n) is 17.1. The molecule has 0 spiro atoms. The Kier molecular flexibility index (Phi) is 8.08. The Hall–Kier alpha value is -2.15. The fourth-order valence-electron chi connectivity index (χ4n) is 3.82. The van der Waals surface area contributed by atoms with Gasteiger partial charge in [0.05, 0.1) is 5.02 Å². The van der Waals surface area contributed by atoms with Crippen LogP contribution in [0.4, 0.5) is 4.39 Å². The van der Waals surface area contributed by atoms with Crippen molar-refractivity contribution in [3.63, 3.8) is 0 Å². The summed E-state index contributed by atoms with van der Waals surface area (Å²) >= 11 is 6.26. The minimum absolute atomic E-state index is 0.00157. The normalized spacial score (nSPS) is 16.8. The van der Waals surface area contributed by atoms with Crippen molar-refractivity contribution in [3.8, 4) is 11.5 Å². The van der Waals surface area contributed by atoms with E-state index >= 15 is 4.39 Å². The van der Waals surface area contributed by atoms with Crippen molar-refractivity contribution in [3.05, 3.63) is 58.9 Å². The lowest BCUT2D eigenvalue weighted by molar-refractivity contribution is -0.118. The summed E-state index contributed by atoms with van der Waals surface area (Å²) in [6.07, 6.45) is 2.73. The average molecular weight is 435 g/mol. The number of amides is 1. The van der Waals surface area contributed by atoms with E-state index in [0.717, 1.165) is 19.3 Å². The third kappa shape index (κ3) is 6.17. The van der Waals surface area contributed by atoms with Gasteiger partial charge < -0.3 is 20.5 Å². The molecule has 2 aromatic carbocycles. The summed E-state index contributed by atoms with van der Waals surface area (Å²) in [6, 6.07) is 11.8. The van der Waals surface area contributed by atoms with Crippen LogP contribution in [0.5, 0.6) is 11.5 Å². The van der Waals surface area contributed by atoms with Gasteiger partial charge in [-0.3, -0.25) is 4.79 Å². The smallest absolute Gasteiger partial charge is 0.218 e. The maximum atomic E-state index is 15.6. The number of nitrogens with one attached hydrogen (secondary N) is 1. The largest absolute Gasteiger partial charge is 0.453 e. The Labute approximate surface area is 181 Å². The summed E-state index contributed by atoms with van der Waals surface area (Å²) in [5.74, 6) is 0.00506. The van der Waals surface area contributed by atoms with Crippen LogP contribution in [0.3, 0.4) is 0 Å². The molecule has 1 fully saturated rings. The fourth-order valence-corrected chi connectivity index (χ4v) is 4.01. The van der Waals surface area contributed by atoms with Crippen molar-refractivity contribution < 1.29 is 18.7 Å². The number of carbonyl (C=O) groups excluding carboxylic acids is 1. The first-order chi connectivity index (χ1) is 14.4. The zero-order chi connectivity index (χ0) is 21.5. The van der Waals surface area contributed by atoms with Crippen molar-refractivity contribution in [2.45, 2.75) is 44.7 Å². The molecule has 1 aliphatic rings. The lowest BCUT2D eigenvalue weighted by Gasteiger charge is -2.30. The van der Waals surface area contributed by atoms with Crippen LogP contribution < -0.4 is 15.8 Å². The molecular formula is C23H28ClFN2O3. The Morgan fingerprint density at radius 2 is 1.97 bits per heavy atom. The quantitative estimate of drug-likeness (QED) is 0.583. The number of benzene rings is 2. The van der Waals surface area contributed by atoms with E-state index in [0.29, 0.717) is 30.4 Å². The Balaban J connectivity index is 1.88. The highest BCUT2D eigenvalue weighted by molar-refractivity contribution is 6.32. The first-order valence-corrected chi connectivity index (χ1v) is 10.6. The first kappa shape index (κ1) is 22.5. The molecule has 0 aliphatic carbocycles. The molecule has 3 N–H and O–H groups in total. The van der Waals surface area contributed by atoms with Gasteiger partial charge in [0, 0.05) is 37.3 Å². The minimum Gasteiger partial charge on any atom is -0.453 e. The Morgan fingerprint density at radius 3 is 2.63 bits per heavy atom. The maximum absolute atomic E-state index is 15.6. The number of nitrogens with two attached hydrogens (primary N) is 1. The van der Waals surface area contributed by atoms with E-state index in [-0.39, 0.29) is 29.3 Å². The van der Waals surface area contributed by atoms with E-state index in [2.05, 4.69) is 5.32 Å². The number of halogens is 2. The van der Waals surface area contributed by atoms with Gasteiger partial charge in [-0.2, -0.15) is 0 Å². The van der Waals surface area contributed by atoms with Crippen molar-refractivity contribution in [1.29, 1.82) is 0 Å². The van der Waals surface area contributed by atoms with Gasteiger partial charge >= 0.3 is 0 Å². The molecule has 0 aromatic heterocycles. The Morgan fingerprint density at radius 1 is 1.27 bits per heavy atom. The second kappa shape index (κ2) is 10.8. The van der Waals surface area contributed by atoms with Gasteiger partial charge in [-0.05, 0) is 50.3 Å². The van der Waals surface area contributed by atoms with E-state index in [1.165, 1.54) is 0 Å². The number of para-hydroxylation sites is 1. The lowest BCUT2D eigenvalue weighted by Crippen LogP contribution is -2.36. The fraction of sp³-hybridized carbons (Fsp3) is 0.435. The molecule has 5 nitrogen and oxygen atoms in total. The van der Waals surface area contributed by atoms with Crippen LogP contribution in [0, 0.1) is 11.7 Å². The van der Waals surface area contributed by atoms with Gasteiger partial charge in [-0.1, -0.05) is 35.9 Å². The number of primary amides is 1. The number of hydrogen-bond acceptors (Lipinski definition) is 4. The van der Waals surface area contributed by atoms with Crippen molar-refractivity contribution in [1.82, 2.24) is 5.32 Å². The van der Waals surface area contributed by atoms with Gasteiger partial charge in [0.15, 0.2) is 11.6 Å². The van der Waals surface area contributed by atoms with Crippen molar-refractivity contribution in [2.75, 3.05) is 13.2 Å². The minimum atomic E-state index is -0.498. The van der Waals surface area contributed by atoms with Gasteiger partial charge in [0.2, 0.25) is 5.91 Å². The van der Waals surface area contributed by atoms with Gasteiger partial charge in [0.1, 0.15) is 5.75 Å². The highest BCUT2D eigenvalue weighted by Crippen LogP contribution is 2.38. The molecular weight excluding hydrogens is 407 g/mol. The number of hydrogen-bond donors (Lipinski definition) is 2. The maximum Gasteiger partial charge on any atom is 0.218 e. The van der Waals surface area contributed by atoms with E-state index < -0.39 is 11.7 Å². The molecule has 0 bridgehead atoms. The second-order valence-electron chi connectivity index (χ2n) is 7.78. The molecule has 7 heteroatoms. The molecule has 1 aliphatic heterocycles. The molecule has 1 amide bonds. The molecule has 1 saturated heterocycles.